The second kappa shape index (κ2) is 9.66. The predicted octanol–water partition coefficient (Wildman–Crippen LogP) is 5.06. The minimum Gasteiger partial charge on any atom is -0.296 e. The fourth-order valence-corrected chi connectivity index (χ4v) is 3.36. The van der Waals surface area contributed by atoms with E-state index < -0.39 is 11.6 Å². The molecule has 5 heteroatoms. The summed E-state index contributed by atoms with van der Waals surface area (Å²) in [5.74, 6) is 0. The van der Waals surface area contributed by atoms with E-state index in [1.165, 1.54) is 5.56 Å². The van der Waals surface area contributed by atoms with Crippen LogP contribution < -0.4 is 0 Å². The van der Waals surface area contributed by atoms with E-state index >= 15 is 0 Å². The molecule has 0 N–H and O–H groups in total. The summed E-state index contributed by atoms with van der Waals surface area (Å²) in [5.41, 5.74) is 2.75. The van der Waals surface area contributed by atoms with Gasteiger partial charge >= 0.3 is 0 Å². The van der Waals surface area contributed by atoms with E-state index in [0.717, 1.165) is 37.3 Å². The zero-order chi connectivity index (χ0) is 19.9. The summed E-state index contributed by atoms with van der Waals surface area (Å²) >= 11 is 0. The van der Waals surface area contributed by atoms with Crippen molar-refractivity contribution in [2.75, 3.05) is 13.1 Å². The lowest BCUT2D eigenvalue weighted by Gasteiger charge is -2.41. The largest absolute Gasteiger partial charge is 0.296 e. The molecule has 0 bridgehead atoms. The molecule has 0 radical (unpaired) electrons. The summed E-state index contributed by atoms with van der Waals surface area (Å²) in [6, 6.07) is 12.5. The third-order valence-electron chi connectivity index (χ3n) is 5.28. The Kier molecular flexibility index (Phi) is 7.55. The highest BCUT2D eigenvalue weighted by molar-refractivity contribution is 5.58. The first-order valence-electron chi connectivity index (χ1n) is 9.90. The zero-order valence-electron chi connectivity index (χ0n) is 17.0. The van der Waals surface area contributed by atoms with Crippen LogP contribution in [0.15, 0.2) is 36.5 Å². The maximum atomic E-state index is 14.5. The third kappa shape index (κ3) is 5.17. The van der Waals surface area contributed by atoms with Crippen LogP contribution in [0.4, 0.5) is 4.39 Å². The van der Waals surface area contributed by atoms with Crippen LogP contribution in [0.25, 0.3) is 11.3 Å². The van der Waals surface area contributed by atoms with Crippen molar-refractivity contribution in [3.63, 3.8) is 0 Å². The van der Waals surface area contributed by atoms with Gasteiger partial charge in [-0.3, -0.25) is 9.58 Å². The summed E-state index contributed by atoms with van der Waals surface area (Å²) in [6.45, 7) is 10.8. The summed E-state index contributed by atoms with van der Waals surface area (Å²) in [4.78, 5) is 2.14. The molecule has 1 aromatic heterocycles. The Hall–Kier alpha value is -2.19. The number of aryl methyl sites for hydroxylation is 1. The van der Waals surface area contributed by atoms with E-state index in [4.69, 9.17) is 5.26 Å². The van der Waals surface area contributed by atoms with Crippen LogP contribution in [0.3, 0.4) is 0 Å². The molecule has 0 spiro atoms. The summed E-state index contributed by atoms with van der Waals surface area (Å²) in [5, 5.41) is 13.4. The number of nitriles is 1. The first-order chi connectivity index (χ1) is 13.0. The molecule has 2 unspecified atom stereocenters. The Balaban J connectivity index is 0.00000126. The van der Waals surface area contributed by atoms with Crippen molar-refractivity contribution in [2.45, 2.75) is 59.8 Å². The molecule has 4 nitrogen and oxygen atoms in total. The molecule has 146 valence electrons. The van der Waals surface area contributed by atoms with E-state index in [-0.39, 0.29) is 0 Å². The lowest BCUT2D eigenvalue weighted by Crippen LogP contribution is -2.47. The molecule has 27 heavy (non-hydrogen) atoms. The highest BCUT2D eigenvalue weighted by atomic mass is 19.1. The van der Waals surface area contributed by atoms with Gasteiger partial charge in [0.25, 0.3) is 0 Å². The van der Waals surface area contributed by atoms with Crippen LogP contribution in [0.2, 0.25) is 0 Å². The van der Waals surface area contributed by atoms with Gasteiger partial charge < -0.3 is 0 Å². The summed E-state index contributed by atoms with van der Waals surface area (Å²) in [7, 11) is 0. The fourth-order valence-electron chi connectivity index (χ4n) is 3.36. The number of piperidine rings is 1. The van der Waals surface area contributed by atoms with Crippen molar-refractivity contribution in [1.82, 2.24) is 14.7 Å². The number of likely N-dealkylation sites (tertiary alicyclic amines) is 1. The molecule has 0 aliphatic carbocycles. The molecule has 2 atom stereocenters. The molecule has 1 saturated heterocycles. The Morgan fingerprint density at radius 3 is 2.52 bits per heavy atom. The third-order valence-corrected chi connectivity index (χ3v) is 5.28. The van der Waals surface area contributed by atoms with Gasteiger partial charge in [0.05, 0.1) is 11.8 Å². The Labute approximate surface area is 162 Å². The summed E-state index contributed by atoms with van der Waals surface area (Å²) in [6.07, 6.45) is 2.06. The van der Waals surface area contributed by atoms with E-state index in [1.54, 1.807) is 0 Å². The quantitative estimate of drug-likeness (QED) is 0.739. The van der Waals surface area contributed by atoms with Crippen LogP contribution in [0, 0.1) is 16.7 Å². The lowest BCUT2D eigenvalue weighted by atomic mass is 9.76. The van der Waals surface area contributed by atoms with Crippen molar-refractivity contribution < 1.29 is 4.39 Å². The smallest absolute Gasteiger partial charge is 0.119 e. The normalized spacial score (nSPS) is 22.6. The highest BCUT2D eigenvalue weighted by Crippen LogP contribution is 2.36. The molecular weight excluding hydrogens is 339 g/mol. The van der Waals surface area contributed by atoms with Gasteiger partial charge in [-0.05, 0) is 31.5 Å². The van der Waals surface area contributed by atoms with Crippen molar-refractivity contribution in [1.29, 1.82) is 5.26 Å². The van der Waals surface area contributed by atoms with Gasteiger partial charge in [0, 0.05) is 43.2 Å². The lowest BCUT2D eigenvalue weighted by molar-refractivity contribution is 0.0186. The number of hydrogen-bond donors (Lipinski definition) is 0. The number of nitrogens with zero attached hydrogens (tertiary/aromatic N) is 4. The van der Waals surface area contributed by atoms with Gasteiger partial charge in [-0.2, -0.15) is 10.4 Å². The van der Waals surface area contributed by atoms with Crippen molar-refractivity contribution in [2.24, 2.45) is 5.41 Å². The minimum absolute atomic E-state index is 0.293. The standard InChI is InChI=1S/C20H25FN4.C2H6/c1-3-25-12-8-18(23-25)17-6-4-16(5-7-17)14-24-13-10-20(2,9-11-22)19(21)15-24;1-2/h4-8,12,19H,3,9-10,13-15H2,1-2H3;1-2H3. The molecule has 1 aliphatic rings. The van der Waals surface area contributed by atoms with Gasteiger partial charge in [0.2, 0.25) is 0 Å². The van der Waals surface area contributed by atoms with Crippen LogP contribution in [-0.2, 0) is 13.1 Å². The Morgan fingerprint density at radius 2 is 1.96 bits per heavy atom. The van der Waals surface area contributed by atoms with Crippen LogP contribution in [-0.4, -0.2) is 33.9 Å². The Morgan fingerprint density at radius 1 is 1.26 bits per heavy atom. The molecule has 1 fully saturated rings. The van der Waals surface area contributed by atoms with Crippen molar-refractivity contribution in [3.05, 3.63) is 42.1 Å². The number of benzene rings is 1. The van der Waals surface area contributed by atoms with Gasteiger partial charge in [0.15, 0.2) is 0 Å². The Bertz CT molecular complexity index is 746. The van der Waals surface area contributed by atoms with E-state index in [2.05, 4.69) is 47.3 Å². The number of rotatable bonds is 5. The SMILES string of the molecule is CC.CCn1ccc(-c2ccc(CN3CCC(C)(CC#N)C(F)C3)cc2)n1. The number of aromatic nitrogens is 2. The van der Waals surface area contributed by atoms with E-state index in [9.17, 15) is 4.39 Å². The molecule has 0 saturated carbocycles. The van der Waals surface area contributed by atoms with Gasteiger partial charge in [-0.15, -0.1) is 0 Å². The first kappa shape index (κ1) is 21.1. The van der Waals surface area contributed by atoms with Gasteiger partial charge in [0.1, 0.15) is 6.17 Å². The monoisotopic (exact) mass is 370 g/mol. The average molecular weight is 371 g/mol. The second-order valence-electron chi connectivity index (χ2n) is 7.20. The predicted molar refractivity (Wildman–Crippen MR) is 108 cm³/mol. The molecule has 1 aromatic carbocycles. The maximum Gasteiger partial charge on any atom is 0.119 e. The van der Waals surface area contributed by atoms with Crippen LogP contribution in [0.5, 0.6) is 0 Å². The number of halogens is 1. The zero-order valence-corrected chi connectivity index (χ0v) is 17.0. The summed E-state index contributed by atoms with van der Waals surface area (Å²) < 4.78 is 16.4. The molecule has 2 heterocycles. The topological polar surface area (TPSA) is 44.9 Å². The molecule has 3 rings (SSSR count). The van der Waals surface area contributed by atoms with E-state index in [1.807, 2.05) is 37.7 Å². The van der Waals surface area contributed by atoms with Gasteiger partial charge in [-0.1, -0.05) is 45.0 Å². The van der Waals surface area contributed by atoms with Crippen molar-refractivity contribution >= 4 is 0 Å². The van der Waals surface area contributed by atoms with Gasteiger partial charge in [-0.25, -0.2) is 4.39 Å². The molecule has 2 aromatic rings. The van der Waals surface area contributed by atoms with Crippen LogP contribution in [0.1, 0.15) is 46.1 Å². The number of hydrogen-bond acceptors (Lipinski definition) is 3. The van der Waals surface area contributed by atoms with Crippen LogP contribution >= 0.6 is 0 Å². The minimum atomic E-state index is -0.946. The molecule has 0 amide bonds. The number of alkyl halides is 1. The average Bonchev–Trinajstić information content (AvgIpc) is 3.17. The first-order valence-corrected chi connectivity index (χ1v) is 9.90. The van der Waals surface area contributed by atoms with Crippen molar-refractivity contribution in [3.8, 4) is 17.3 Å². The van der Waals surface area contributed by atoms with E-state index in [0.29, 0.717) is 13.0 Å². The fraction of sp³-hybridized carbons (Fsp3) is 0.545. The maximum absolute atomic E-state index is 14.5. The molecular formula is C22H31FN4. The molecule has 1 aliphatic heterocycles. The highest BCUT2D eigenvalue weighted by Gasteiger charge is 2.39. The second-order valence-corrected chi connectivity index (χ2v) is 7.20.